The van der Waals surface area contributed by atoms with E-state index < -0.39 is 0 Å². The van der Waals surface area contributed by atoms with Gasteiger partial charge in [-0.2, -0.15) is 0 Å². The number of nitrogens with one attached hydrogen (secondary N) is 1. The highest BCUT2D eigenvalue weighted by molar-refractivity contribution is 5.30. The van der Waals surface area contributed by atoms with Crippen LogP contribution >= 0.6 is 0 Å². The first-order chi connectivity index (χ1) is 6.95. The third-order valence-electron chi connectivity index (χ3n) is 2.57. The molecule has 0 aromatic heterocycles. The quantitative estimate of drug-likeness (QED) is 0.644. The summed E-state index contributed by atoms with van der Waals surface area (Å²) in [4.78, 5) is 2.49. The molecule has 1 N–H and O–H groups in total. The van der Waals surface area contributed by atoms with Crippen molar-refractivity contribution in [2.45, 2.75) is 6.42 Å². The molecule has 1 heterocycles. The van der Waals surface area contributed by atoms with Gasteiger partial charge in [-0.3, -0.25) is 4.90 Å². The SMILES string of the molecule is C1#CCC(CN2CCNCC2)=CC=C1. The minimum Gasteiger partial charge on any atom is -0.314 e. The van der Waals surface area contributed by atoms with E-state index in [4.69, 9.17) is 0 Å². The van der Waals surface area contributed by atoms with E-state index in [0.717, 1.165) is 39.1 Å². The molecule has 0 radical (unpaired) electrons. The summed E-state index contributed by atoms with van der Waals surface area (Å²) < 4.78 is 0. The minimum atomic E-state index is 0.928. The van der Waals surface area contributed by atoms with Gasteiger partial charge < -0.3 is 5.32 Å². The lowest BCUT2D eigenvalue weighted by Crippen LogP contribution is -2.44. The predicted molar refractivity (Wildman–Crippen MR) is 58.9 cm³/mol. The van der Waals surface area contributed by atoms with E-state index in [0.29, 0.717) is 0 Å². The van der Waals surface area contributed by atoms with Crippen LogP contribution in [0.3, 0.4) is 0 Å². The van der Waals surface area contributed by atoms with E-state index in [1.807, 2.05) is 6.08 Å². The number of hydrogen-bond acceptors (Lipinski definition) is 2. The maximum Gasteiger partial charge on any atom is 0.0318 e. The molecular weight excluding hydrogens is 172 g/mol. The van der Waals surface area contributed by atoms with Crippen molar-refractivity contribution in [3.05, 3.63) is 23.8 Å². The van der Waals surface area contributed by atoms with Gasteiger partial charge in [-0.15, -0.1) is 0 Å². The first kappa shape index (κ1) is 9.51. The van der Waals surface area contributed by atoms with Crippen molar-refractivity contribution < 1.29 is 0 Å². The fraction of sp³-hybridized carbons (Fsp3) is 0.500. The van der Waals surface area contributed by atoms with Gasteiger partial charge in [-0.05, 0) is 11.6 Å². The third kappa shape index (κ3) is 2.73. The third-order valence-corrected chi connectivity index (χ3v) is 2.57. The maximum absolute atomic E-state index is 3.36. The molecule has 0 unspecified atom stereocenters. The van der Waals surface area contributed by atoms with Gasteiger partial charge in [0.25, 0.3) is 0 Å². The molecule has 14 heavy (non-hydrogen) atoms. The zero-order chi connectivity index (χ0) is 9.64. The molecule has 2 nitrogen and oxygen atoms in total. The smallest absolute Gasteiger partial charge is 0.0318 e. The van der Waals surface area contributed by atoms with Crippen molar-refractivity contribution in [3.8, 4) is 11.8 Å². The fourth-order valence-corrected chi connectivity index (χ4v) is 1.78. The molecule has 0 amide bonds. The summed E-state index contributed by atoms with van der Waals surface area (Å²) in [6.07, 6.45) is 7.09. The van der Waals surface area contributed by atoms with Crippen LogP contribution in [0.5, 0.6) is 0 Å². The summed E-state index contributed by atoms with van der Waals surface area (Å²) in [5.74, 6) is 6.14. The van der Waals surface area contributed by atoms with Gasteiger partial charge in [0.15, 0.2) is 0 Å². The number of hydrogen-bond donors (Lipinski definition) is 1. The summed E-state index contributed by atoms with van der Waals surface area (Å²) in [7, 11) is 0. The van der Waals surface area contributed by atoms with Gasteiger partial charge in [-0.25, -0.2) is 0 Å². The highest BCUT2D eigenvalue weighted by Gasteiger charge is 2.10. The lowest BCUT2D eigenvalue weighted by atomic mass is 10.1. The molecule has 0 bridgehead atoms. The minimum absolute atomic E-state index is 0.928. The molecule has 1 aliphatic heterocycles. The van der Waals surface area contributed by atoms with Crippen molar-refractivity contribution in [1.29, 1.82) is 0 Å². The Labute approximate surface area is 85.7 Å². The Morgan fingerprint density at radius 1 is 1.36 bits per heavy atom. The molecule has 1 aliphatic carbocycles. The monoisotopic (exact) mass is 188 g/mol. The van der Waals surface area contributed by atoms with Gasteiger partial charge in [0, 0.05) is 39.1 Å². The molecule has 1 fully saturated rings. The van der Waals surface area contributed by atoms with Crippen molar-refractivity contribution in [2.75, 3.05) is 32.7 Å². The Hall–Kier alpha value is -1.04. The van der Waals surface area contributed by atoms with Crippen LogP contribution in [-0.4, -0.2) is 37.6 Å². The van der Waals surface area contributed by atoms with Crippen LogP contribution < -0.4 is 5.32 Å². The van der Waals surface area contributed by atoms with E-state index in [-0.39, 0.29) is 0 Å². The van der Waals surface area contributed by atoms with Gasteiger partial charge in [0.05, 0.1) is 0 Å². The van der Waals surface area contributed by atoms with Gasteiger partial charge in [0.1, 0.15) is 0 Å². The molecular formula is C12H16N2. The second-order valence-corrected chi connectivity index (χ2v) is 3.71. The van der Waals surface area contributed by atoms with Gasteiger partial charge in [-0.1, -0.05) is 24.0 Å². The molecule has 0 aromatic carbocycles. The van der Waals surface area contributed by atoms with Crippen LogP contribution in [0, 0.1) is 11.8 Å². The van der Waals surface area contributed by atoms with Gasteiger partial charge in [0.2, 0.25) is 0 Å². The zero-order valence-corrected chi connectivity index (χ0v) is 8.42. The summed E-state index contributed by atoms with van der Waals surface area (Å²) in [5.41, 5.74) is 1.44. The van der Waals surface area contributed by atoms with E-state index in [2.05, 4.69) is 34.2 Å². The molecule has 0 spiro atoms. The van der Waals surface area contributed by atoms with E-state index in [1.54, 1.807) is 0 Å². The highest BCUT2D eigenvalue weighted by Crippen LogP contribution is 2.06. The Balaban J connectivity index is 1.87. The average Bonchev–Trinajstić information content (AvgIpc) is 2.48. The molecule has 2 aliphatic rings. The van der Waals surface area contributed by atoms with Crippen LogP contribution in [0.15, 0.2) is 23.8 Å². The standard InChI is InChI=1S/C12H16N2/c1-2-4-6-12(5-3-1)11-14-9-7-13-8-10-14/h1,3,5,13H,6-11H2. The molecule has 2 rings (SSSR count). The molecule has 1 saturated heterocycles. The summed E-state index contributed by atoms with van der Waals surface area (Å²) in [6, 6.07) is 0. The first-order valence-corrected chi connectivity index (χ1v) is 5.21. The van der Waals surface area contributed by atoms with E-state index in [1.165, 1.54) is 5.57 Å². The molecule has 0 aromatic rings. The van der Waals surface area contributed by atoms with Crippen LogP contribution in [-0.2, 0) is 0 Å². The van der Waals surface area contributed by atoms with E-state index in [9.17, 15) is 0 Å². The normalized spacial score (nSPS) is 22.1. The van der Waals surface area contributed by atoms with Crippen molar-refractivity contribution >= 4 is 0 Å². The highest BCUT2D eigenvalue weighted by atomic mass is 15.2. The summed E-state index contributed by atoms with van der Waals surface area (Å²) in [6.45, 7) is 5.65. The van der Waals surface area contributed by atoms with E-state index >= 15 is 0 Å². The molecule has 0 saturated carbocycles. The molecule has 0 atom stereocenters. The van der Waals surface area contributed by atoms with Crippen LogP contribution in [0.25, 0.3) is 0 Å². The Morgan fingerprint density at radius 2 is 2.21 bits per heavy atom. The van der Waals surface area contributed by atoms with Crippen LogP contribution in [0.2, 0.25) is 0 Å². The topological polar surface area (TPSA) is 15.3 Å². The van der Waals surface area contributed by atoms with Crippen molar-refractivity contribution in [1.82, 2.24) is 10.2 Å². The van der Waals surface area contributed by atoms with Gasteiger partial charge >= 0.3 is 0 Å². The Kier molecular flexibility index (Phi) is 3.39. The number of nitrogens with zero attached hydrogens (tertiary/aromatic N) is 1. The second-order valence-electron chi connectivity index (χ2n) is 3.71. The second kappa shape index (κ2) is 4.99. The number of allylic oxidation sites excluding steroid dienone is 3. The van der Waals surface area contributed by atoms with Crippen LogP contribution in [0.4, 0.5) is 0 Å². The number of rotatable bonds is 2. The first-order valence-electron chi connectivity index (χ1n) is 5.21. The predicted octanol–water partition coefficient (Wildman–Crippen LogP) is 0.781. The Morgan fingerprint density at radius 3 is 3.07 bits per heavy atom. The lowest BCUT2D eigenvalue weighted by Gasteiger charge is -2.27. The summed E-state index contributed by atoms with van der Waals surface area (Å²) >= 11 is 0. The lowest BCUT2D eigenvalue weighted by molar-refractivity contribution is 0.259. The largest absolute Gasteiger partial charge is 0.314 e. The molecule has 2 heteroatoms. The summed E-state index contributed by atoms with van der Waals surface area (Å²) in [5, 5.41) is 3.36. The van der Waals surface area contributed by atoms with Crippen molar-refractivity contribution in [2.24, 2.45) is 0 Å². The molecule has 74 valence electrons. The Bertz CT molecular complexity index is 298. The van der Waals surface area contributed by atoms with Crippen molar-refractivity contribution in [3.63, 3.8) is 0 Å². The average molecular weight is 188 g/mol. The fourth-order valence-electron chi connectivity index (χ4n) is 1.78. The maximum atomic E-state index is 3.36. The number of piperazine rings is 1. The van der Waals surface area contributed by atoms with Crippen LogP contribution in [0.1, 0.15) is 6.42 Å². The zero-order valence-electron chi connectivity index (χ0n) is 8.42.